The third kappa shape index (κ3) is 9.29. The Morgan fingerprint density at radius 2 is 1.71 bits per heavy atom. The second-order valence-electron chi connectivity index (χ2n) is 9.14. The molecule has 0 fully saturated rings. The van der Waals surface area contributed by atoms with Crippen molar-refractivity contribution in [2.24, 2.45) is 12.0 Å². The maximum Gasteiger partial charge on any atom is 2.00 e. The fourth-order valence-corrected chi connectivity index (χ4v) is 4.19. The molecule has 41 heavy (non-hydrogen) atoms. The van der Waals surface area contributed by atoms with Gasteiger partial charge in [0.25, 0.3) is 0 Å². The number of aromatic nitrogens is 2. The summed E-state index contributed by atoms with van der Waals surface area (Å²) in [6.07, 6.45) is 6.96. The largest absolute Gasteiger partial charge is 2.00 e. The van der Waals surface area contributed by atoms with Crippen LogP contribution in [0.2, 0.25) is 0 Å². The summed E-state index contributed by atoms with van der Waals surface area (Å²) in [5, 5.41) is 4.08. The molecule has 4 rings (SSSR count). The van der Waals surface area contributed by atoms with E-state index in [2.05, 4.69) is 57.5 Å². The minimum absolute atomic E-state index is 0. The molecule has 0 aliphatic rings. The Labute approximate surface area is 266 Å². The zero-order valence-corrected chi connectivity index (χ0v) is 27.9. The van der Waals surface area contributed by atoms with Gasteiger partial charge in [-0.3, -0.25) is 11.1 Å². The van der Waals surface area contributed by atoms with Crippen molar-refractivity contribution in [3.8, 4) is 17.2 Å². The number of aliphatic imine (C=N–C) groups is 1. The van der Waals surface area contributed by atoms with Gasteiger partial charge in [-0.1, -0.05) is 36.9 Å². The number of benzene rings is 3. The van der Waals surface area contributed by atoms with Crippen LogP contribution in [0.4, 0.5) is 22.7 Å². The zero-order chi connectivity index (χ0) is 28.3. The van der Waals surface area contributed by atoms with Crippen LogP contribution in [0.3, 0.4) is 0 Å². The van der Waals surface area contributed by atoms with Crippen LogP contribution in [0.5, 0.6) is 17.2 Å². The monoisotopic (exact) mass is 778 g/mol. The van der Waals surface area contributed by atoms with E-state index in [4.69, 9.17) is 19.9 Å². The number of ether oxygens (including phenoxy) is 3. The number of nitrogens with zero attached hydrogens (tertiary/aromatic N) is 5. The molecule has 0 atom stereocenters. The molecule has 0 saturated carbocycles. The Hall–Kier alpha value is -3.45. The number of nitrogen functional groups attached to an aromatic ring is 1. The van der Waals surface area contributed by atoms with E-state index < -0.39 is 0 Å². The molecule has 0 spiro atoms. The van der Waals surface area contributed by atoms with Crippen LogP contribution in [0.25, 0.3) is 0 Å². The van der Waals surface area contributed by atoms with E-state index >= 15 is 0 Å². The van der Waals surface area contributed by atoms with Gasteiger partial charge in [0.05, 0.1) is 38.0 Å². The van der Waals surface area contributed by atoms with E-state index in [0.717, 1.165) is 24.5 Å². The smallest absolute Gasteiger partial charge is 0.497 e. The minimum atomic E-state index is 0. The molecule has 0 bridgehead atoms. The van der Waals surface area contributed by atoms with Gasteiger partial charge in [0, 0.05) is 43.2 Å². The van der Waals surface area contributed by atoms with E-state index in [1.807, 2.05) is 49.5 Å². The van der Waals surface area contributed by atoms with Crippen LogP contribution in [-0.2, 0) is 13.6 Å². The number of hydrogen-bond donors (Lipinski definition) is 1. The minimum Gasteiger partial charge on any atom is -0.497 e. The van der Waals surface area contributed by atoms with Crippen LogP contribution in [-0.4, -0.2) is 54.9 Å². The molecule has 3 aromatic carbocycles. The summed E-state index contributed by atoms with van der Waals surface area (Å²) in [7, 11) is 5.11. The Morgan fingerprint density at radius 1 is 0.976 bits per heavy atom. The maximum atomic E-state index is 6.43. The standard InChI is InChI=1S/C31H36N6O3.U/c1-5-36(21-24-10-7-6-8-11-24)14-9-15-37(26-16-27(38-3)19-28(17-26)39-4)25-12-13-31(30(32)18-25)33-23-40-29-20-34-35(2)22-29;/h6-13,16-20,22-23H,1,5,14-15,21,32H2,2-4H3;/q-2;+2. The summed E-state index contributed by atoms with van der Waals surface area (Å²) in [5.74, 6) is 1.99. The Morgan fingerprint density at radius 3 is 2.32 bits per heavy atom. The predicted molar refractivity (Wildman–Crippen MR) is 161 cm³/mol. The predicted octanol–water partition coefficient (Wildman–Crippen LogP) is 5.44. The number of aryl methyl sites for hydroxylation is 1. The maximum absolute atomic E-state index is 6.43. The number of anilines is 3. The number of methoxy groups -OCH3 is 2. The molecular formula is C31H36N6O3U. The molecule has 212 valence electrons. The van der Waals surface area contributed by atoms with Crippen LogP contribution < -0.4 is 24.8 Å². The molecule has 2 N–H and O–H groups in total. The van der Waals surface area contributed by atoms with E-state index in [1.54, 1.807) is 31.3 Å². The first kappa shape index (κ1) is 32.1. The van der Waals surface area contributed by atoms with Crippen molar-refractivity contribution in [2.45, 2.75) is 6.54 Å². The van der Waals surface area contributed by atoms with Gasteiger partial charge in [-0.25, -0.2) is 4.99 Å². The van der Waals surface area contributed by atoms with E-state index in [9.17, 15) is 0 Å². The van der Waals surface area contributed by atoms with Crippen LogP contribution in [0.1, 0.15) is 5.56 Å². The average molecular weight is 779 g/mol. The van der Waals surface area contributed by atoms with Crippen molar-refractivity contribution >= 4 is 29.2 Å². The van der Waals surface area contributed by atoms with Crippen LogP contribution in [0, 0.1) is 44.5 Å². The summed E-state index contributed by atoms with van der Waals surface area (Å²) in [6, 6.07) is 22.0. The molecule has 10 heteroatoms. The van der Waals surface area contributed by atoms with Crippen molar-refractivity contribution in [2.75, 3.05) is 44.5 Å². The molecule has 9 nitrogen and oxygen atoms in total. The summed E-state index contributed by atoms with van der Waals surface area (Å²) >= 11 is 0. The van der Waals surface area contributed by atoms with Crippen LogP contribution >= 0.6 is 0 Å². The van der Waals surface area contributed by atoms with Crippen LogP contribution in [0.15, 0.2) is 84.1 Å². The van der Waals surface area contributed by atoms with Gasteiger partial charge in [-0.05, 0) is 23.8 Å². The van der Waals surface area contributed by atoms with Gasteiger partial charge >= 0.3 is 31.1 Å². The van der Waals surface area contributed by atoms with E-state index in [-0.39, 0.29) is 31.1 Å². The molecule has 0 saturated heterocycles. The summed E-state index contributed by atoms with van der Waals surface area (Å²) < 4.78 is 18.3. The van der Waals surface area contributed by atoms with E-state index in [0.29, 0.717) is 41.7 Å². The first-order valence-electron chi connectivity index (χ1n) is 12.9. The van der Waals surface area contributed by atoms with E-state index in [1.165, 1.54) is 12.0 Å². The second-order valence-corrected chi connectivity index (χ2v) is 9.14. The Bertz CT molecular complexity index is 1370. The first-order chi connectivity index (χ1) is 19.5. The third-order valence-corrected chi connectivity index (χ3v) is 6.30. The molecule has 0 unspecified atom stereocenters. The second kappa shape index (κ2) is 16.1. The molecule has 4 aromatic rings. The van der Waals surface area contributed by atoms with Gasteiger partial charge in [0.15, 0.2) is 12.2 Å². The normalized spacial score (nSPS) is 11.0. The number of rotatable bonds is 14. The first-order valence-corrected chi connectivity index (χ1v) is 12.9. The van der Waals surface area contributed by atoms with Crippen molar-refractivity contribution < 1.29 is 45.3 Å². The Balaban J connectivity index is 0.00000462. The molecule has 0 amide bonds. The van der Waals surface area contributed by atoms with Crippen molar-refractivity contribution in [3.05, 3.63) is 98.0 Å². The van der Waals surface area contributed by atoms with Gasteiger partial charge in [0.2, 0.25) is 0 Å². The summed E-state index contributed by atoms with van der Waals surface area (Å²) in [4.78, 5) is 8.83. The molecule has 1 aromatic heterocycles. The van der Waals surface area contributed by atoms with Gasteiger partial charge in [0.1, 0.15) is 11.5 Å². The SMILES string of the molecule is [CH2-]CN(C[CH-]CN(c1cc(OC)cc(OC)c1)c1ccc(N=COc2cnn(C)c2)c(N)c1)Cc1ccccc1.[U+2]. The topological polar surface area (TPSA) is 90.4 Å². The molecule has 0 aliphatic heterocycles. The summed E-state index contributed by atoms with van der Waals surface area (Å²) in [6.45, 7) is 7.03. The number of hydrogen-bond acceptors (Lipinski definition) is 8. The fourth-order valence-electron chi connectivity index (χ4n) is 4.19. The third-order valence-electron chi connectivity index (χ3n) is 6.30. The fraction of sp³-hybridized carbons (Fsp3) is 0.226. The quantitative estimate of drug-likeness (QED) is 0.0791. The van der Waals surface area contributed by atoms with Crippen molar-refractivity contribution in [1.29, 1.82) is 0 Å². The zero-order valence-electron chi connectivity index (χ0n) is 23.7. The van der Waals surface area contributed by atoms with Gasteiger partial charge in [-0.2, -0.15) is 5.10 Å². The van der Waals surface area contributed by atoms with Crippen molar-refractivity contribution in [1.82, 2.24) is 14.7 Å². The molecular weight excluding hydrogens is 742 g/mol. The number of nitrogens with two attached hydrogens (primary N) is 1. The van der Waals surface area contributed by atoms with Crippen molar-refractivity contribution in [3.63, 3.8) is 0 Å². The van der Waals surface area contributed by atoms with Gasteiger partial charge in [-0.15, -0.1) is 13.1 Å². The van der Waals surface area contributed by atoms with Gasteiger partial charge < -0.3 is 36.7 Å². The molecule has 0 aliphatic carbocycles. The summed E-state index contributed by atoms with van der Waals surface area (Å²) in [5.41, 5.74) is 10.6. The molecule has 1 heterocycles. The molecule has 0 radical (unpaired) electrons. The Kier molecular flexibility index (Phi) is 12.6. The average Bonchev–Trinajstić information content (AvgIpc) is 3.40.